The van der Waals surface area contributed by atoms with Crippen LogP contribution in [-0.2, 0) is 5.41 Å². The number of ether oxygens (including phenoxy) is 2. The van der Waals surface area contributed by atoms with Crippen molar-refractivity contribution in [2.45, 2.75) is 69.0 Å². The highest BCUT2D eigenvalue weighted by Crippen LogP contribution is 2.54. The first-order chi connectivity index (χ1) is 19.0. The van der Waals surface area contributed by atoms with Gasteiger partial charge in [-0.3, -0.25) is 14.5 Å². The summed E-state index contributed by atoms with van der Waals surface area (Å²) in [6.45, 7) is 2.44. The highest BCUT2D eigenvalue weighted by atomic mass is 16.5. The van der Waals surface area contributed by atoms with Crippen molar-refractivity contribution in [3.8, 4) is 11.5 Å². The minimum absolute atomic E-state index is 0.0730. The lowest BCUT2D eigenvalue weighted by Gasteiger charge is -2.34. The lowest BCUT2D eigenvalue weighted by atomic mass is 9.69. The molecule has 2 aromatic carbocycles. The zero-order valence-electron chi connectivity index (χ0n) is 22.6. The Morgan fingerprint density at radius 2 is 1.74 bits per heavy atom. The van der Waals surface area contributed by atoms with Gasteiger partial charge in [0.1, 0.15) is 19.2 Å². The maximum Gasteiger partial charge on any atom is 0.261 e. The number of benzene rings is 2. The van der Waals surface area contributed by atoms with Gasteiger partial charge in [0.05, 0.1) is 29.8 Å². The van der Waals surface area contributed by atoms with E-state index in [1.165, 1.54) is 16.0 Å². The Morgan fingerprint density at radius 1 is 1.03 bits per heavy atom. The summed E-state index contributed by atoms with van der Waals surface area (Å²) in [6, 6.07) is 11.2. The van der Waals surface area contributed by atoms with E-state index in [9.17, 15) is 14.7 Å². The van der Waals surface area contributed by atoms with Crippen molar-refractivity contribution < 1.29 is 28.7 Å². The van der Waals surface area contributed by atoms with Gasteiger partial charge < -0.3 is 14.6 Å². The fourth-order valence-corrected chi connectivity index (χ4v) is 6.75. The molecule has 0 bridgehead atoms. The Kier molecular flexibility index (Phi) is 7.02. The highest BCUT2D eigenvalue weighted by molar-refractivity contribution is 6.21. The number of amides is 2. The van der Waals surface area contributed by atoms with Crippen LogP contribution in [0.25, 0.3) is 0 Å². The molecule has 1 unspecified atom stereocenters. The monoisotopic (exact) mass is 529 g/mol. The Labute approximate surface area is 229 Å². The SMILES string of the molecule is COc1ccc2c3c1O[C@@H]1C[C@H](O)C=CC31CC[N+](CCCCCCCCN1C(=O)c3ccccc3C1=O)=C2. The molecule has 2 aromatic rings. The van der Waals surface area contributed by atoms with Crippen LogP contribution in [0, 0.1) is 0 Å². The maximum absolute atomic E-state index is 12.5. The van der Waals surface area contributed by atoms with Gasteiger partial charge in [0.2, 0.25) is 0 Å². The zero-order chi connectivity index (χ0) is 27.0. The lowest BCUT2D eigenvalue weighted by Crippen LogP contribution is -2.42. The standard InChI is InChI=1S/C32H37N2O5/c1-38-26-13-12-22-21-33(19-16-32-15-14-23(35)20-27(32)39-29(26)28(22)32)17-8-4-2-3-5-9-18-34-30(36)24-10-6-7-11-25(24)31(34)37/h6-7,10-15,21,23,27,35H,2-5,8-9,16-20H2,1H3/q+1/t23-,27-,32?/m1/s1. The van der Waals surface area contributed by atoms with E-state index in [4.69, 9.17) is 9.47 Å². The van der Waals surface area contributed by atoms with Gasteiger partial charge in [-0.1, -0.05) is 43.5 Å². The van der Waals surface area contributed by atoms with Crippen molar-refractivity contribution >= 4 is 18.0 Å². The van der Waals surface area contributed by atoms with Crippen LogP contribution in [0.3, 0.4) is 0 Å². The average molecular weight is 530 g/mol. The van der Waals surface area contributed by atoms with Gasteiger partial charge in [0, 0.05) is 36.9 Å². The molecule has 2 amide bonds. The molecule has 0 saturated heterocycles. The Morgan fingerprint density at radius 3 is 2.49 bits per heavy atom. The molecule has 204 valence electrons. The van der Waals surface area contributed by atoms with Crippen LogP contribution in [0.1, 0.15) is 83.2 Å². The van der Waals surface area contributed by atoms with E-state index in [2.05, 4.69) is 22.9 Å². The molecular formula is C32H37N2O5+. The smallest absolute Gasteiger partial charge is 0.261 e. The number of aliphatic hydroxyl groups is 1. The van der Waals surface area contributed by atoms with Crippen LogP contribution in [0.5, 0.6) is 11.5 Å². The number of aliphatic hydroxyl groups excluding tert-OH is 1. The molecule has 0 fully saturated rings. The molecule has 0 radical (unpaired) electrons. The van der Waals surface area contributed by atoms with Crippen molar-refractivity contribution in [3.63, 3.8) is 0 Å². The molecule has 1 N–H and O–H groups in total. The number of rotatable bonds is 10. The zero-order valence-corrected chi connectivity index (χ0v) is 22.6. The van der Waals surface area contributed by atoms with E-state index in [1.807, 2.05) is 12.1 Å². The van der Waals surface area contributed by atoms with Crippen molar-refractivity contribution in [3.05, 3.63) is 70.8 Å². The largest absolute Gasteiger partial charge is 0.493 e. The molecular weight excluding hydrogens is 492 g/mol. The van der Waals surface area contributed by atoms with Gasteiger partial charge in [-0.25, -0.2) is 4.58 Å². The first kappa shape index (κ1) is 25.8. The fourth-order valence-electron chi connectivity index (χ4n) is 6.75. The summed E-state index contributed by atoms with van der Waals surface area (Å²) in [5.74, 6) is 1.28. The molecule has 3 heterocycles. The Balaban J connectivity index is 0.989. The quantitative estimate of drug-likeness (QED) is 0.212. The molecule has 7 heteroatoms. The number of methoxy groups -OCH3 is 1. The van der Waals surface area contributed by atoms with Gasteiger partial charge in [-0.15, -0.1) is 0 Å². The summed E-state index contributed by atoms with van der Waals surface area (Å²) < 4.78 is 14.5. The normalized spacial score (nSPS) is 24.6. The molecule has 1 aliphatic carbocycles. The van der Waals surface area contributed by atoms with E-state index in [0.29, 0.717) is 24.1 Å². The molecule has 0 aromatic heterocycles. The van der Waals surface area contributed by atoms with Crippen LogP contribution >= 0.6 is 0 Å². The number of unbranched alkanes of at least 4 members (excludes halogenated alkanes) is 5. The second-order valence-corrected chi connectivity index (χ2v) is 11.2. The van der Waals surface area contributed by atoms with E-state index in [1.54, 1.807) is 31.4 Å². The molecule has 3 atom stereocenters. The van der Waals surface area contributed by atoms with Gasteiger partial charge in [0.15, 0.2) is 17.7 Å². The molecule has 4 aliphatic rings. The van der Waals surface area contributed by atoms with Crippen LogP contribution in [0.4, 0.5) is 0 Å². The summed E-state index contributed by atoms with van der Waals surface area (Å²) in [6.07, 6.45) is 13.8. The molecule has 6 rings (SSSR count). The molecule has 1 spiro atoms. The van der Waals surface area contributed by atoms with Crippen molar-refractivity contribution in [2.24, 2.45) is 0 Å². The summed E-state index contributed by atoms with van der Waals surface area (Å²) in [7, 11) is 1.68. The minimum Gasteiger partial charge on any atom is -0.493 e. The van der Waals surface area contributed by atoms with Crippen LogP contribution < -0.4 is 9.47 Å². The number of imide groups is 1. The van der Waals surface area contributed by atoms with Gasteiger partial charge in [-0.2, -0.15) is 0 Å². The first-order valence-corrected chi connectivity index (χ1v) is 14.3. The summed E-state index contributed by atoms with van der Waals surface area (Å²) >= 11 is 0. The van der Waals surface area contributed by atoms with Gasteiger partial charge in [0.25, 0.3) is 11.8 Å². The molecule has 7 nitrogen and oxygen atoms in total. The molecule has 3 aliphatic heterocycles. The average Bonchev–Trinajstić information content (AvgIpc) is 3.33. The van der Waals surface area contributed by atoms with Gasteiger partial charge >= 0.3 is 0 Å². The number of fused-ring (bicyclic) bond motifs is 1. The van der Waals surface area contributed by atoms with Crippen LogP contribution in [-0.4, -0.2) is 71.6 Å². The predicted molar refractivity (Wildman–Crippen MR) is 148 cm³/mol. The van der Waals surface area contributed by atoms with Crippen molar-refractivity contribution in [2.75, 3.05) is 26.7 Å². The number of carbonyl (C=O) groups excluding carboxylic acids is 2. The summed E-state index contributed by atoms with van der Waals surface area (Å²) in [5, 5.41) is 10.3. The number of nitrogens with zero attached hydrogens (tertiary/aromatic N) is 2. The second kappa shape index (κ2) is 10.6. The van der Waals surface area contributed by atoms with E-state index in [0.717, 1.165) is 69.5 Å². The van der Waals surface area contributed by atoms with Crippen molar-refractivity contribution in [1.29, 1.82) is 0 Å². The number of hydrogen-bond acceptors (Lipinski definition) is 5. The van der Waals surface area contributed by atoms with E-state index in [-0.39, 0.29) is 23.3 Å². The van der Waals surface area contributed by atoms with E-state index < -0.39 is 6.10 Å². The first-order valence-electron chi connectivity index (χ1n) is 14.3. The third-order valence-electron chi connectivity index (χ3n) is 8.83. The lowest BCUT2D eigenvalue weighted by molar-refractivity contribution is -0.524. The number of carbonyl (C=O) groups is 2. The predicted octanol–water partition coefficient (Wildman–Crippen LogP) is 4.49. The van der Waals surface area contributed by atoms with Crippen LogP contribution in [0.15, 0.2) is 48.6 Å². The number of hydrogen-bond donors (Lipinski definition) is 1. The minimum atomic E-state index is -0.472. The maximum atomic E-state index is 12.5. The summed E-state index contributed by atoms with van der Waals surface area (Å²) in [5.41, 5.74) is 3.23. The third-order valence-corrected chi connectivity index (χ3v) is 8.83. The fraction of sp³-hybridized carbons (Fsp3) is 0.469. The van der Waals surface area contributed by atoms with Crippen molar-refractivity contribution in [1.82, 2.24) is 4.90 Å². The Bertz CT molecular complexity index is 1310. The van der Waals surface area contributed by atoms with Gasteiger partial charge in [-0.05, 0) is 37.1 Å². The second-order valence-electron chi connectivity index (χ2n) is 11.2. The van der Waals surface area contributed by atoms with Crippen LogP contribution in [0.2, 0.25) is 0 Å². The molecule has 0 saturated carbocycles. The third kappa shape index (κ3) is 4.56. The van der Waals surface area contributed by atoms with E-state index >= 15 is 0 Å². The highest BCUT2D eigenvalue weighted by Gasteiger charge is 2.53. The topological polar surface area (TPSA) is 79.1 Å². The summed E-state index contributed by atoms with van der Waals surface area (Å²) in [4.78, 5) is 26.4. The molecule has 39 heavy (non-hydrogen) atoms. The Hall–Kier alpha value is -3.45.